The van der Waals surface area contributed by atoms with Crippen molar-refractivity contribution < 1.29 is 0 Å². The lowest BCUT2D eigenvalue weighted by atomic mass is 10.9. The van der Waals surface area contributed by atoms with Crippen molar-refractivity contribution in [3.8, 4) is 0 Å². The first-order valence-corrected chi connectivity index (χ1v) is 1.89. The first kappa shape index (κ1) is 5.94. The van der Waals surface area contributed by atoms with E-state index in [0.29, 0.717) is 0 Å². The summed E-state index contributed by atoms with van der Waals surface area (Å²) in [5.74, 6) is 0. The van der Waals surface area contributed by atoms with Crippen molar-refractivity contribution in [2.24, 2.45) is 5.10 Å². The van der Waals surface area contributed by atoms with Gasteiger partial charge in [-0.05, 0) is 6.92 Å². The Balaban J connectivity index is 2.82. The zero-order chi connectivity index (χ0) is 5.54. The summed E-state index contributed by atoms with van der Waals surface area (Å²) in [6.07, 6.45) is 2.59. The largest absolute Gasteiger partial charge is 0.290 e. The molecule has 0 fully saturated rings. The number of rotatable bonds is 3. The summed E-state index contributed by atoms with van der Waals surface area (Å²) < 4.78 is 0. The maximum Gasteiger partial charge on any atom is 0.0992 e. The van der Waals surface area contributed by atoms with Gasteiger partial charge in [0.2, 0.25) is 0 Å². The summed E-state index contributed by atoms with van der Waals surface area (Å²) in [6.45, 7) is 1.78. The molecule has 7 heavy (non-hydrogen) atoms. The Kier molecular flexibility index (Phi) is 4.19. The molecule has 0 saturated heterocycles. The average molecular weight is 100 g/mol. The molecule has 40 valence electrons. The molecule has 0 aliphatic rings. The summed E-state index contributed by atoms with van der Waals surface area (Å²) in [5, 5.41) is 9.93. The topological polar surface area (TPSA) is 60.3 Å². The summed E-state index contributed by atoms with van der Waals surface area (Å²) >= 11 is 0. The lowest BCUT2D eigenvalue weighted by molar-refractivity contribution is 0.710. The van der Waals surface area contributed by atoms with Crippen LogP contribution in [0, 0.1) is 5.41 Å². The average Bonchev–Trinajstić information content (AvgIpc) is 1.69. The zero-order valence-electron chi connectivity index (χ0n) is 4.10. The Bertz CT molecular complexity index is 67.3. The Labute approximate surface area is 42.1 Å². The summed E-state index contributed by atoms with van der Waals surface area (Å²) in [5.41, 5.74) is 4.70. The molecule has 0 aliphatic carbocycles. The number of hydrazine groups is 1. The van der Waals surface area contributed by atoms with E-state index in [1.165, 1.54) is 0 Å². The lowest BCUT2D eigenvalue weighted by Gasteiger charge is -1.91. The van der Waals surface area contributed by atoms with Gasteiger partial charge in [0.25, 0.3) is 0 Å². The number of hydrazone groups is 1. The molecule has 0 saturated carbocycles. The minimum absolute atomic E-state index is 1.01. The van der Waals surface area contributed by atoms with Gasteiger partial charge in [-0.3, -0.25) is 10.8 Å². The van der Waals surface area contributed by atoms with Gasteiger partial charge < -0.3 is 0 Å². The predicted molar refractivity (Wildman–Crippen MR) is 29.2 cm³/mol. The van der Waals surface area contributed by atoms with Gasteiger partial charge in [-0.15, -0.1) is 0 Å². The molecule has 4 nitrogen and oxygen atoms in total. The molecule has 0 aromatic carbocycles. The molecule has 0 amide bonds. The maximum atomic E-state index is 6.41. The molecule has 0 bridgehead atoms. The highest BCUT2D eigenvalue weighted by molar-refractivity contribution is 5.53. The molecule has 0 unspecified atom stereocenters. The highest BCUT2D eigenvalue weighted by Crippen LogP contribution is 1.43. The minimum atomic E-state index is 1.01. The van der Waals surface area contributed by atoms with Crippen LogP contribution in [0.1, 0.15) is 6.92 Å². The van der Waals surface area contributed by atoms with Crippen LogP contribution in [0.5, 0.6) is 0 Å². The van der Waals surface area contributed by atoms with Crippen molar-refractivity contribution in [2.75, 3.05) is 0 Å². The molecular formula is C3H8N4. The van der Waals surface area contributed by atoms with Crippen LogP contribution < -0.4 is 11.0 Å². The molecule has 0 radical (unpaired) electrons. The molecule has 0 spiro atoms. The SMILES string of the molecule is C/C=N/NNC=N. The second kappa shape index (κ2) is 4.94. The van der Waals surface area contributed by atoms with Crippen LogP contribution in [0.15, 0.2) is 5.10 Å². The Hall–Kier alpha value is -1.06. The summed E-state index contributed by atoms with van der Waals surface area (Å²) in [6, 6.07) is 0. The fourth-order valence-electron chi connectivity index (χ4n) is 0.134. The molecule has 0 aliphatic heterocycles. The Morgan fingerprint density at radius 3 is 2.86 bits per heavy atom. The minimum Gasteiger partial charge on any atom is -0.290 e. The van der Waals surface area contributed by atoms with Gasteiger partial charge in [0.15, 0.2) is 0 Å². The van der Waals surface area contributed by atoms with Gasteiger partial charge in [-0.2, -0.15) is 5.10 Å². The molecule has 0 aromatic heterocycles. The van der Waals surface area contributed by atoms with Crippen LogP contribution in [0.3, 0.4) is 0 Å². The van der Waals surface area contributed by atoms with Gasteiger partial charge in [-0.25, -0.2) is 5.53 Å². The predicted octanol–water partition coefficient (Wildman–Crippen LogP) is -0.307. The van der Waals surface area contributed by atoms with Crippen LogP contribution in [0.25, 0.3) is 0 Å². The fraction of sp³-hybridized carbons (Fsp3) is 0.333. The first-order valence-electron chi connectivity index (χ1n) is 1.89. The van der Waals surface area contributed by atoms with Crippen molar-refractivity contribution in [2.45, 2.75) is 6.92 Å². The van der Waals surface area contributed by atoms with Gasteiger partial charge in [0, 0.05) is 6.21 Å². The second-order valence-electron chi connectivity index (χ2n) is 0.788. The van der Waals surface area contributed by atoms with Crippen molar-refractivity contribution in [3.63, 3.8) is 0 Å². The van der Waals surface area contributed by atoms with Gasteiger partial charge in [0.05, 0.1) is 6.34 Å². The van der Waals surface area contributed by atoms with Crippen molar-refractivity contribution in [1.82, 2.24) is 11.0 Å². The molecule has 0 atom stereocenters. The van der Waals surface area contributed by atoms with Gasteiger partial charge in [0.1, 0.15) is 0 Å². The zero-order valence-corrected chi connectivity index (χ0v) is 4.10. The van der Waals surface area contributed by atoms with E-state index in [-0.39, 0.29) is 0 Å². The molecule has 0 aromatic rings. The second-order valence-corrected chi connectivity index (χ2v) is 0.788. The number of nitrogens with one attached hydrogen (secondary N) is 3. The van der Waals surface area contributed by atoms with Gasteiger partial charge >= 0.3 is 0 Å². The smallest absolute Gasteiger partial charge is 0.0992 e. The van der Waals surface area contributed by atoms with Crippen LogP contribution in [-0.2, 0) is 0 Å². The third-order valence-corrected chi connectivity index (χ3v) is 0.330. The lowest BCUT2D eigenvalue weighted by Crippen LogP contribution is -2.24. The number of hydrogen-bond donors (Lipinski definition) is 3. The third-order valence-electron chi connectivity index (χ3n) is 0.330. The van der Waals surface area contributed by atoms with Gasteiger partial charge in [-0.1, -0.05) is 0 Å². The van der Waals surface area contributed by atoms with Crippen LogP contribution in [0.2, 0.25) is 0 Å². The number of hydrogen-bond acceptors (Lipinski definition) is 3. The highest BCUT2D eigenvalue weighted by atomic mass is 15.5. The third kappa shape index (κ3) is 4.94. The molecule has 0 heterocycles. The highest BCUT2D eigenvalue weighted by Gasteiger charge is 1.58. The van der Waals surface area contributed by atoms with Crippen molar-refractivity contribution >= 4 is 12.6 Å². The van der Waals surface area contributed by atoms with E-state index in [0.717, 1.165) is 6.34 Å². The van der Waals surface area contributed by atoms with E-state index in [2.05, 4.69) is 16.1 Å². The Morgan fingerprint density at radius 1 is 1.71 bits per heavy atom. The van der Waals surface area contributed by atoms with E-state index in [1.54, 1.807) is 13.1 Å². The first-order chi connectivity index (χ1) is 3.41. The number of nitrogens with zero attached hydrogens (tertiary/aromatic N) is 1. The van der Waals surface area contributed by atoms with E-state index < -0.39 is 0 Å². The van der Waals surface area contributed by atoms with Crippen LogP contribution in [-0.4, -0.2) is 12.6 Å². The molecule has 0 rings (SSSR count). The van der Waals surface area contributed by atoms with E-state index >= 15 is 0 Å². The van der Waals surface area contributed by atoms with E-state index in [4.69, 9.17) is 5.41 Å². The standard InChI is InChI=1S/C3H8N4/c1-2-5-7-6-3-4/h2-3,7H,1H3,(H2,4,6)/b5-2+. The van der Waals surface area contributed by atoms with E-state index in [9.17, 15) is 0 Å². The van der Waals surface area contributed by atoms with Crippen LogP contribution in [0.4, 0.5) is 0 Å². The molecule has 4 heteroatoms. The molecule has 3 N–H and O–H groups in total. The van der Waals surface area contributed by atoms with Crippen LogP contribution >= 0.6 is 0 Å². The maximum absolute atomic E-state index is 6.41. The van der Waals surface area contributed by atoms with Crippen molar-refractivity contribution in [3.05, 3.63) is 0 Å². The summed E-state index contributed by atoms with van der Waals surface area (Å²) in [4.78, 5) is 0. The fourth-order valence-corrected chi connectivity index (χ4v) is 0.134. The quantitative estimate of drug-likeness (QED) is 0.197. The van der Waals surface area contributed by atoms with E-state index in [1.807, 2.05) is 0 Å². The normalized spacial score (nSPS) is 8.71. The molecular weight excluding hydrogens is 92.1 g/mol. The summed E-state index contributed by atoms with van der Waals surface area (Å²) in [7, 11) is 0. The Morgan fingerprint density at radius 2 is 2.43 bits per heavy atom. The monoisotopic (exact) mass is 100 g/mol. The van der Waals surface area contributed by atoms with Crippen molar-refractivity contribution in [1.29, 1.82) is 5.41 Å².